The summed E-state index contributed by atoms with van der Waals surface area (Å²) >= 11 is 1.70. The summed E-state index contributed by atoms with van der Waals surface area (Å²) in [6.07, 6.45) is 7.41. The fourth-order valence-corrected chi connectivity index (χ4v) is 6.72. The van der Waals surface area contributed by atoms with E-state index in [4.69, 9.17) is 0 Å². The largest absolute Gasteiger partial charge is 0.343 e. The molecule has 0 N–H and O–H groups in total. The molecular formula is C22H34N4O4S. The summed E-state index contributed by atoms with van der Waals surface area (Å²) in [5.41, 5.74) is 0. The Balaban J connectivity index is 1.44. The Morgan fingerprint density at radius 3 is 1.29 bits per heavy atom. The lowest BCUT2D eigenvalue weighted by Gasteiger charge is -2.36. The molecule has 4 saturated heterocycles. The first-order chi connectivity index (χ1) is 15.0. The number of amides is 4. The molecule has 172 valence electrons. The van der Waals surface area contributed by atoms with Crippen LogP contribution in [0.2, 0.25) is 0 Å². The molecule has 4 heterocycles. The van der Waals surface area contributed by atoms with Crippen LogP contribution in [0.15, 0.2) is 0 Å². The van der Waals surface area contributed by atoms with E-state index in [1.54, 1.807) is 11.8 Å². The van der Waals surface area contributed by atoms with E-state index in [0.29, 0.717) is 38.8 Å². The number of rotatable bonds is 10. The molecule has 0 aromatic rings. The fourth-order valence-electron chi connectivity index (χ4n) is 5.14. The summed E-state index contributed by atoms with van der Waals surface area (Å²) in [6.45, 7) is 4.41. The molecule has 0 saturated carbocycles. The fraction of sp³-hybridized carbons (Fsp3) is 0.818. The maximum atomic E-state index is 12.6. The van der Waals surface area contributed by atoms with E-state index in [1.165, 1.54) is 0 Å². The molecule has 4 aliphatic heterocycles. The van der Waals surface area contributed by atoms with Gasteiger partial charge in [0.15, 0.2) is 0 Å². The monoisotopic (exact) mass is 450 g/mol. The van der Waals surface area contributed by atoms with Gasteiger partial charge in [-0.15, -0.1) is 11.8 Å². The Bertz CT molecular complexity index is 660. The van der Waals surface area contributed by atoms with Crippen molar-refractivity contribution in [2.24, 2.45) is 0 Å². The predicted octanol–water partition coefficient (Wildman–Crippen LogP) is 1.64. The molecule has 4 amide bonds. The quantitative estimate of drug-likeness (QED) is 0.505. The number of likely N-dealkylation sites (tertiary alicyclic amines) is 4. The van der Waals surface area contributed by atoms with Gasteiger partial charge < -0.3 is 19.6 Å². The van der Waals surface area contributed by atoms with Crippen molar-refractivity contribution in [1.82, 2.24) is 19.6 Å². The molecule has 8 nitrogen and oxygen atoms in total. The van der Waals surface area contributed by atoms with Gasteiger partial charge in [0.2, 0.25) is 23.6 Å². The van der Waals surface area contributed by atoms with E-state index in [-0.39, 0.29) is 34.4 Å². The maximum absolute atomic E-state index is 12.6. The zero-order valence-corrected chi connectivity index (χ0v) is 19.1. The van der Waals surface area contributed by atoms with Crippen molar-refractivity contribution >= 4 is 35.4 Å². The highest BCUT2D eigenvalue weighted by molar-refractivity contribution is 8.00. The molecule has 2 atom stereocenters. The summed E-state index contributed by atoms with van der Waals surface area (Å²) in [7, 11) is 0. The number of carbonyl (C=O) groups is 4. The topological polar surface area (TPSA) is 81.2 Å². The maximum Gasteiger partial charge on any atom is 0.223 e. The van der Waals surface area contributed by atoms with Gasteiger partial charge in [0.25, 0.3) is 0 Å². The van der Waals surface area contributed by atoms with Crippen LogP contribution in [-0.2, 0) is 19.2 Å². The van der Waals surface area contributed by atoms with Crippen molar-refractivity contribution in [2.75, 3.05) is 39.3 Å². The van der Waals surface area contributed by atoms with Gasteiger partial charge in [0, 0.05) is 65.0 Å². The van der Waals surface area contributed by atoms with Gasteiger partial charge in [-0.05, 0) is 38.5 Å². The summed E-state index contributed by atoms with van der Waals surface area (Å²) in [5.74, 6) is 0.753. The number of hydrogen-bond donors (Lipinski definition) is 0. The van der Waals surface area contributed by atoms with Crippen LogP contribution in [0, 0.1) is 0 Å². The second-order valence-corrected chi connectivity index (χ2v) is 10.3. The molecular weight excluding hydrogens is 416 g/mol. The van der Waals surface area contributed by atoms with E-state index in [0.717, 1.165) is 64.7 Å². The van der Waals surface area contributed by atoms with Gasteiger partial charge in [0.1, 0.15) is 0 Å². The van der Waals surface area contributed by atoms with Crippen molar-refractivity contribution in [3.63, 3.8) is 0 Å². The van der Waals surface area contributed by atoms with Crippen molar-refractivity contribution in [2.45, 2.75) is 75.0 Å². The SMILES string of the molecule is O=C1CCCN1CCC(SC(CCN1CCCC1=O)N1CCCC1=O)N1CCCC1=O. The predicted molar refractivity (Wildman–Crippen MR) is 118 cm³/mol. The number of thioether (sulfide) groups is 1. The molecule has 0 aromatic carbocycles. The minimum atomic E-state index is -0.0453. The highest BCUT2D eigenvalue weighted by atomic mass is 32.2. The molecule has 0 aromatic heterocycles. The third kappa shape index (κ3) is 5.35. The molecule has 0 bridgehead atoms. The molecule has 31 heavy (non-hydrogen) atoms. The first kappa shape index (κ1) is 22.4. The van der Waals surface area contributed by atoms with Gasteiger partial charge in [-0.3, -0.25) is 19.2 Å². The van der Waals surface area contributed by atoms with Gasteiger partial charge >= 0.3 is 0 Å². The number of carbonyl (C=O) groups excluding carboxylic acids is 4. The molecule has 4 rings (SSSR count). The average molecular weight is 451 g/mol. The van der Waals surface area contributed by atoms with Gasteiger partial charge in [0.05, 0.1) is 10.7 Å². The summed E-state index contributed by atoms with van der Waals surface area (Å²) in [5, 5.41) is -0.0906. The molecule has 9 heteroatoms. The average Bonchev–Trinajstić information content (AvgIpc) is 3.53. The molecule has 2 unspecified atom stereocenters. The standard InChI is InChI=1S/C22H34N4O4S/c27-17-5-1-11-23(17)15-9-21(25-13-3-7-19(25)29)31-22(26-14-4-8-20(26)30)10-16-24-12-2-6-18(24)28/h21-22H,1-16H2. The Morgan fingerprint density at radius 1 is 0.581 bits per heavy atom. The van der Waals surface area contributed by atoms with Crippen molar-refractivity contribution in [3.05, 3.63) is 0 Å². The normalized spacial score (nSPS) is 24.3. The van der Waals surface area contributed by atoms with E-state index >= 15 is 0 Å². The van der Waals surface area contributed by atoms with Gasteiger partial charge in [-0.2, -0.15) is 0 Å². The molecule has 0 spiro atoms. The van der Waals surface area contributed by atoms with Crippen LogP contribution < -0.4 is 0 Å². The van der Waals surface area contributed by atoms with E-state index in [1.807, 2.05) is 19.6 Å². The van der Waals surface area contributed by atoms with Crippen LogP contribution in [0.5, 0.6) is 0 Å². The van der Waals surface area contributed by atoms with Crippen molar-refractivity contribution < 1.29 is 19.2 Å². The van der Waals surface area contributed by atoms with Gasteiger partial charge in [-0.25, -0.2) is 0 Å². The highest BCUT2D eigenvalue weighted by Crippen LogP contribution is 2.34. The Labute approximate surface area is 188 Å². The van der Waals surface area contributed by atoms with E-state index in [9.17, 15) is 19.2 Å². The van der Waals surface area contributed by atoms with Crippen LogP contribution in [0.3, 0.4) is 0 Å². The lowest BCUT2D eigenvalue weighted by molar-refractivity contribution is -0.129. The third-order valence-electron chi connectivity index (χ3n) is 6.86. The lowest BCUT2D eigenvalue weighted by Crippen LogP contribution is -2.43. The minimum absolute atomic E-state index is 0.0453. The molecule has 4 fully saturated rings. The van der Waals surface area contributed by atoms with Crippen molar-refractivity contribution in [3.8, 4) is 0 Å². The first-order valence-electron chi connectivity index (χ1n) is 11.8. The highest BCUT2D eigenvalue weighted by Gasteiger charge is 2.36. The Hall–Kier alpha value is -1.77. The Morgan fingerprint density at radius 2 is 0.968 bits per heavy atom. The zero-order valence-electron chi connectivity index (χ0n) is 18.3. The second kappa shape index (κ2) is 10.2. The zero-order chi connectivity index (χ0) is 21.8. The van der Waals surface area contributed by atoms with Crippen LogP contribution in [0.25, 0.3) is 0 Å². The summed E-state index contributed by atoms with van der Waals surface area (Å²) in [6, 6.07) is 0. The summed E-state index contributed by atoms with van der Waals surface area (Å²) in [4.78, 5) is 57.0. The third-order valence-corrected chi connectivity index (χ3v) is 8.47. The molecule has 0 radical (unpaired) electrons. The van der Waals surface area contributed by atoms with Crippen molar-refractivity contribution in [1.29, 1.82) is 0 Å². The first-order valence-corrected chi connectivity index (χ1v) is 12.8. The number of hydrogen-bond acceptors (Lipinski definition) is 5. The van der Waals surface area contributed by atoms with Crippen LogP contribution in [-0.4, -0.2) is 93.2 Å². The minimum Gasteiger partial charge on any atom is -0.343 e. The van der Waals surface area contributed by atoms with Crippen LogP contribution in [0.4, 0.5) is 0 Å². The Kier molecular flexibility index (Phi) is 7.40. The smallest absolute Gasteiger partial charge is 0.223 e. The van der Waals surface area contributed by atoms with Crippen LogP contribution in [0.1, 0.15) is 64.2 Å². The van der Waals surface area contributed by atoms with Crippen LogP contribution >= 0.6 is 11.8 Å². The molecule has 0 aliphatic carbocycles. The lowest BCUT2D eigenvalue weighted by atomic mass is 10.3. The number of nitrogens with zero attached hydrogens (tertiary/aromatic N) is 4. The summed E-state index contributed by atoms with van der Waals surface area (Å²) < 4.78 is 0. The van der Waals surface area contributed by atoms with Gasteiger partial charge in [-0.1, -0.05) is 0 Å². The second-order valence-electron chi connectivity index (χ2n) is 8.97. The molecule has 4 aliphatic rings. The van der Waals surface area contributed by atoms with E-state index < -0.39 is 0 Å². The van der Waals surface area contributed by atoms with E-state index in [2.05, 4.69) is 0 Å².